The molecule has 1 aliphatic heterocycles. The van der Waals surface area contributed by atoms with Crippen LogP contribution < -0.4 is 5.73 Å². The van der Waals surface area contributed by atoms with Crippen molar-refractivity contribution in [2.24, 2.45) is 5.73 Å². The van der Waals surface area contributed by atoms with Gasteiger partial charge in [0.25, 0.3) is 0 Å². The molecule has 1 aromatic heterocycles. The number of rotatable bonds is 2. The summed E-state index contributed by atoms with van der Waals surface area (Å²) in [5.74, 6) is 0.118. The molecule has 1 saturated heterocycles. The number of nitrogens with zero attached hydrogens (tertiary/aromatic N) is 2. The van der Waals surface area contributed by atoms with Crippen LogP contribution in [0, 0.1) is 0 Å². The third-order valence-electron chi connectivity index (χ3n) is 5.85. The molecule has 130 valence electrons. The first-order valence-corrected chi connectivity index (χ1v) is 8.81. The predicted octanol–water partition coefficient (Wildman–Crippen LogP) is 1.56. The Balaban J connectivity index is 1.49. The quantitative estimate of drug-likeness (QED) is 0.872. The fraction of sp³-hybridized carbons (Fsp3) is 0.400. The minimum absolute atomic E-state index is 0.118. The summed E-state index contributed by atoms with van der Waals surface area (Å²) in [6.07, 6.45) is 4.73. The van der Waals surface area contributed by atoms with E-state index in [-0.39, 0.29) is 17.4 Å². The zero-order chi connectivity index (χ0) is 17.4. The lowest BCUT2D eigenvalue weighted by atomic mass is 9.72. The molecular weight excluding hydrogens is 314 g/mol. The second kappa shape index (κ2) is 6.24. The Kier molecular flexibility index (Phi) is 4.06. The molecule has 1 amide bonds. The van der Waals surface area contributed by atoms with Gasteiger partial charge in [0, 0.05) is 30.9 Å². The Bertz CT molecular complexity index is 770. The van der Waals surface area contributed by atoms with Gasteiger partial charge in [0.15, 0.2) is 0 Å². The van der Waals surface area contributed by atoms with Crippen molar-refractivity contribution in [2.75, 3.05) is 13.1 Å². The molecule has 2 atom stereocenters. The monoisotopic (exact) mass is 337 g/mol. The van der Waals surface area contributed by atoms with Crippen LogP contribution in [-0.2, 0) is 16.6 Å². The number of piperidine rings is 1. The molecule has 1 fully saturated rings. The number of aromatic nitrogens is 1. The number of benzene rings is 1. The normalized spacial score (nSPS) is 24.3. The minimum Gasteiger partial charge on any atom is -0.390 e. The van der Waals surface area contributed by atoms with Crippen molar-refractivity contribution in [3.63, 3.8) is 0 Å². The molecule has 0 saturated carbocycles. The third kappa shape index (κ3) is 2.64. The number of amides is 1. The highest BCUT2D eigenvalue weighted by atomic mass is 16.3. The lowest BCUT2D eigenvalue weighted by molar-refractivity contribution is -0.132. The van der Waals surface area contributed by atoms with Crippen LogP contribution in [0.5, 0.6) is 0 Å². The molecule has 1 aliphatic carbocycles. The van der Waals surface area contributed by atoms with Gasteiger partial charge in [-0.15, -0.1) is 0 Å². The lowest BCUT2D eigenvalue weighted by Gasteiger charge is -2.42. The lowest BCUT2D eigenvalue weighted by Crippen LogP contribution is -2.50. The first kappa shape index (κ1) is 16.2. The minimum atomic E-state index is -0.583. The SMILES string of the molecule is N[C@@H]1c2ccccc2C2(CCN(C(=O)Cc3cccnc3)CC2)[C@H]1O. The third-order valence-corrected chi connectivity index (χ3v) is 5.85. The average Bonchev–Trinajstić information content (AvgIpc) is 2.86. The molecule has 2 heterocycles. The van der Waals surface area contributed by atoms with Gasteiger partial charge in [0.2, 0.25) is 5.91 Å². The van der Waals surface area contributed by atoms with E-state index in [1.54, 1.807) is 12.4 Å². The molecule has 0 radical (unpaired) electrons. The van der Waals surface area contributed by atoms with Crippen molar-refractivity contribution in [1.82, 2.24) is 9.88 Å². The maximum atomic E-state index is 12.6. The van der Waals surface area contributed by atoms with Gasteiger partial charge in [-0.2, -0.15) is 0 Å². The summed E-state index contributed by atoms with van der Waals surface area (Å²) in [4.78, 5) is 18.5. The van der Waals surface area contributed by atoms with E-state index in [9.17, 15) is 9.90 Å². The van der Waals surface area contributed by atoms with Gasteiger partial charge in [0.1, 0.15) is 0 Å². The molecule has 5 nitrogen and oxygen atoms in total. The number of nitrogens with two attached hydrogens (primary N) is 1. The number of hydrogen-bond acceptors (Lipinski definition) is 4. The van der Waals surface area contributed by atoms with E-state index < -0.39 is 6.10 Å². The van der Waals surface area contributed by atoms with Gasteiger partial charge in [0.05, 0.1) is 18.6 Å². The molecule has 25 heavy (non-hydrogen) atoms. The van der Waals surface area contributed by atoms with Crippen LogP contribution in [0.25, 0.3) is 0 Å². The van der Waals surface area contributed by atoms with Crippen molar-refractivity contribution in [3.05, 3.63) is 65.5 Å². The number of carbonyl (C=O) groups is 1. The van der Waals surface area contributed by atoms with Gasteiger partial charge in [-0.3, -0.25) is 9.78 Å². The van der Waals surface area contributed by atoms with E-state index in [0.717, 1.165) is 29.5 Å². The van der Waals surface area contributed by atoms with Crippen LogP contribution in [0.15, 0.2) is 48.8 Å². The first-order valence-electron chi connectivity index (χ1n) is 8.81. The second-order valence-electron chi connectivity index (χ2n) is 7.13. The molecular formula is C20H23N3O2. The highest BCUT2D eigenvalue weighted by Crippen LogP contribution is 2.49. The molecule has 5 heteroatoms. The average molecular weight is 337 g/mol. The van der Waals surface area contributed by atoms with Crippen LogP contribution in [-0.4, -0.2) is 40.1 Å². The number of fused-ring (bicyclic) bond motifs is 2. The highest BCUT2D eigenvalue weighted by molar-refractivity contribution is 5.78. The summed E-state index contributed by atoms with van der Waals surface area (Å²) >= 11 is 0. The highest BCUT2D eigenvalue weighted by Gasteiger charge is 2.51. The Labute approximate surface area is 147 Å². The van der Waals surface area contributed by atoms with Crippen molar-refractivity contribution in [3.8, 4) is 0 Å². The Hall–Kier alpha value is -2.24. The van der Waals surface area contributed by atoms with Crippen molar-refractivity contribution in [2.45, 2.75) is 36.8 Å². The molecule has 3 N–H and O–H groups in total. The van der Waals surface area contributed by atoms with E-state index in [1.807, 2.05) is 35.2 Å². The summed E-state index contributed by atoms with van der Waals surface area (Å²) in [5.41, 5.74) is 9.08. The van der Waals surface area contributed by atoms with Gasteiger partial charge < -0.3 is 15.7 Å². The number of likely N-dealkylation sites (tertiary alicyclic amines) is 1. The largest absolute Gasteiger partial charge is 0.390 e. The van der Waals surface area contributed by atoms with Crippen molar-refractivity contribution >= 4 is 5.91 Å². The molecule has 2 aromatic rings. The molecule has 2 aliphatic rings. The second-order valence-corrected chi connectivity index (χ2v) is 7.13. The number of aliphatic hydroxyl groups is 1. The molecule has 1 spiro atoms. The number of carbonyl (C=O) groups excluding carboxylic acids is 1. The Morgan fingerprint density at radius 1 is 1.24 bits per heavy atom. The Morgan fingerprint density at radius 2 is 2.00 bits per heavy atom. The standard InChI is InChI=1S/C20H23N3O2/c21-18-15-5-1-2-6-16(15)20(19(18)25)7-10-23(11-8-20)17(24)12-14-4-3-9-22-13-14/h1-6,9,13,18-19,25H,7-8,10-12,21H2/t18-,19+/m1/s1. The maximum Gasteiger partial charge on any atom is 0.227 e. The first-order chi connectivity index (χ1) is 12.1. The van der Waals surface area contributed by atoms with Crippen LogP contribution in [0.1, 0.15) is 35.6 Å². The van der Waals surface area contributed by atoms with Crippen molar-refractivity contribution in [1.29, 1.82) is 0 Å². The van der Waals surface area contributed by atoms with E-state index in [4.69, 9.17) is 5.73 Å². The van der Waals surface area contributed by atoms with Crippen LogP contribution in [0.2, 0.25) is 0 Å². The summed E-state index contributed by atoms with van der Waals surface area (Å²) in [6.45, 7) is 1.30. The molecule has 4 rings (SSSR count). The summed E-state index contributed by atoms with van der Waals surface area (Å²) in [7, 11) is 0. The summed E-state index contributed by atoms with van der Waals surface area (Å²) < 4.78 is 0. The fourth-order valence-corrected chi connectivity index (χ4v) is 4.42. The van der Waals surface area contributed by atoms with Crippen LogP contribution >= 0.6 is 0 Å². The van der Waals surface area contributed by atoms with Gasteiger partial charge in [-0.25, -0.2) is 0 Å². The topological polar surface area (TPSA) is 79.5 Å². The smallest absolute Gasteiger partial charge is 0.227 e. The molecule has 1 aromatic carbocycles. The van der Waals surface area contributed by atoms with Crippen molar-refractivity contribution < 1.29 is 9.90 Å². The van der Waals surface area contributed by atoms with E-state index >= 15 is 0 Å². The zero-order valence-electron chi connectivity index (χ0n) is 14.1. The number of aliphatic hydroxyl groups excluding tert-OH is 1. The summed E-state index contributed by atoms with van der Waals surface area (Å²) in [5, 5.41) is 10.8. The van der Waals surface area contributed by atoms with Gasteiger partial charge in [-0.1, -0.05) is 30.3 Å². The van der Waals surface area contributed by atoms with Gasteiger partial charge >= 0.3 is 0 Å². The number of pyridine rings is 1. The summed E-state index contributed by atoms with van der Waals surface area (Å²) in [6, 6.07) is 11.5. The predicted molar refractivity (Wildman–Crippen MR) is 94.8 cm³/mol. The molecule has 0 unspecified atom stereocenters. The maximum absolute atomic E-state index is 12.6. The van der Waals surface area contributed by atoms with E-state index in [0.29, 0.717) is 19.5 Å². The van der Waals surface area contributed by atoms with E-state index in [1.165, 1.54) is 0 Å². The van der Waals surface area contributed by atoms with Crippen LogP contribution in [0.3, 0.4) is 0 Å². The van der Waals surface area contributed by atoms with E-state index in [2.05, 4.69) is 11.1 Å². The number of hydrogen-bond donors (Lipinski definition) is 2. The molecule has 0 bridgehead atoms. The van der Waals surface area contributed by atoms with Crippen LogP contribution in [0.4, 0.5) is 0 Å². The fourth-order valence-electron chi connectivity index (χ4n) is 4.42. The van der Waals surface area contributed by atoms with Gasteiger partial charge in [-0.05, 0) is 35.6 Å². The zero-order valence-corrected chi connectivity index (χ0v) is 14.1. The Morgan fingerprint density at radius 3 is 2.72 bits per heavy atom.